The third kappa shape index (κ3) is 6.74. The number of hydrogen-bond acceptors (Lipinski definition) is 2. The van der Waals surface area contributed by atoms with Crippen LogP contribution in [-0.4, -0.2) is 35.7 Å². The second-order valence-corrected chi connectivity index (χ2v) is 6.70. The van der Waals surface area contributed by atoms with Gasteiger partial charge in [-0.25, -0.2) is 0 Å². The molecule has 3 heteroatoms. The van der Waals surface area contributed by atoms with Crippen LogP contribution in [0.2, 0.25) is 5.02 Å². The van der Waals surface area contributed by atoms with Crippen LogP contribution in [-0.2, 0) is 12.8 Å². The van der Waals surface area contributed by atoms with Gasteiger partial charge in [-0.2, -0.15) is 0 Å². The molecule has 0 spiro atoms. The molecule has 1 N–H and O–H groups in total. The van der Waals surface area contributed by atoms with E-state index in [-0.39, 0.29) is 6.10 Å². The normalized spacial score (nSPS) is 12.6. The monoisotopic (exact) mass is 331 g/mol. The largest absolute Gasteiger partial charge is 0.392 e. The van der Waals surface area contributed by atoms with Gasteiger partial charge in [0.05, 0.1) is 6.10 Å². The zero-order chi connectivity index (χ0) is 16.7. The number of benzene rings is 2. The number of aryl methyl sites for hydroxylation is 1. The number of halogens is 1. The van der Waals surface area contributed by atoms with Crippen molar-refractivity contribution in [3.05, 3.63) is 70.2 Å². The third-order valence-corrected chi connectivity index (χ3v) is 4.24. The first-order chi connectivity index (χ1) is 11.0. The molecule has 0 heterocycles. The van der Waals surface area contributed by atoms with Crippen molar-refractivity contribution in [3.63, 3.8) is 0 Å². The zero-order valence-electron chi connectivity index (χ0n) is 14.0. The molecular formula is C20H26ClNO. The van der Waals surface area contributed by atoms with Crippen molar-refractivity contribution >= 4 is 11.6 Å². The zero-order valence-corrected chi connectivity index (χ0v) is 14.8. The Morgan fingerprint density at radius 1 is 0.913 bits per heavy atom. The van der Waals surface area contributed by atoms with Crippen LogP contribution in [0.4, 0.5) is 0 Å². The van der Waals surface area contributed by atoms with E-state index in [2.05, 4.69) is 48.2 Å². The van der Waals surface area contributed by atoms with Gasteiger partial charge in [0.1, 0.15) is 0 Å². The highest BCUT2D eigenvalue weighted by Gasteiger charge is 2.09. The summed E-state index contributed by atoms with van der Waals surface area (Å²) in [6.07, 6.45) is 1.67. The number of aliphatic hydroxyl groups excluding tert-OH is 1. The first-order valence-corrected chi connectivity index (χ1v) is 8.61. The molecule has 0 saturated carbocycles. The minimum absolute atomic E-state index is 0.307. The maximum atomic E-state index is 9.73. The van der Waals surface area contributed by atoms with Crippen LogP contribution in [0, 0.1) is 6.92 Å². The molecule has 0 aliphatic heterocycles. The van der Waals surface area contributed by atoms with Crippen molar-refractivity contribution in [2.45, 2.75) is 32.8 Å². The smallest absolute Gasteiger partial charge is 0.0639 e. The van der Waals surface area contributed by atoms with Gasteiger partial charge in [-0.3, -0.25) is 0 Å². The van der Waals surface area contributed by atoms with Gasteiger partial charge >= 0.3 is 0 Å². The maximum Gasteiger partial charge on any atom is 0.0639 e. The topological polar surface area (TPSA) is 23.5 Å². The quantitative estimate of drug-likeness (QED) is 0.786. The summed E-state index contributed by atoms with van der Waals surface area (Å²) in [6, 6.07) is 16.7. The van der Waals surface area contributed by atoms with Gasteiger partial charge in [-0.15, -0.1) is 0 Å². The lowest BCUT2D eigenvalue weighted by Gasteiger charge is -2.24. The first kappa shape index (κ1) is 18.0. The second kappa shape index (κ2) is 9.07. The second-order valence-electron chi connectivity index (χ2n) is 6.26. The van der Waals surface area contributed by atoms with Crippen molar-refractivity contribution in [3.8, 4) is 0 Å². The average Bonchev–Trinajstić information content (AvgIpc) is 2.52. The summed E-state index contributed by atoms with van der Waals surface area (Å²) in [5.74, 6) is 0. The van der Waals surface area contributed by atoms with Gasteiger partial charge in [0.15, 0.2) is 0 Å². The van der Waals surface area contributed by atoms with Crippen LogP contribution >= 0.6 is 11.6 Å². The van der Waals surface area contributed by atoms with Crippen molar-refractivity contribution in [1.82, 2.24) is 4.90 Å². The lowest BCUT2D eigenvalue weighted by molar-refractivity contribution is 0.128. The summed E-state index contributed by atoms with van der Waals surface area (Å²) in [7, 11) is 0. The molecule has 0 aliphatic carbocycles. The standard InChI is InChI=1S/C20H26ClNO/c1-16-3-5-18(6-4-16)11-13-22(15-17(2)23)14-12-19-7-9-20(21)10-8-19/h3-10,17,23H,11-15H2,1-2H3. The van der Waals surface area contributed by atoms with Crippen molar-refractivity contribution < 1.29 is 5.11 Å². The van der Waals surface area contributed by atoms with Crippen LogP contribution in [0.1, 0.15) is 23.6 Å². The molecule has 0 aliphatic rings. The number of rotatable bonds is 8. The van der Waals surface area contributed by atoms with E-state index in [1.165, 1.54) is 16.7 Å². The Labute approximate surface area is 144 Å². The van der Waals surface area contributed by atoms with E-state index in [1.807, 2.05) is 19.1 Å². The molecule has 2 nitrogen and oxygen atoms in total. The summed E-state index contributed by atoms with van der Waals surface area (Å²) in [5.41, 5.74) is 3.91. The van der Waals surface area contributed by atoms with Crippen molar-refractivity contribution in [2.24, 2.45) is 0 Å². The lowest BCUT2D eigenvalue weighted by Crippen LogP contribution is -2.34. The molecule has 0 radical (unpaired) electrons. The molecule has 0 amide bonds. The first-order valence-electron chi connectivity index (χ1n) is 8.23. The van der Waals surface area contributed by atoms with E-state index < -0.39 is 0 Å². The molecule has 1 atom stereocenters. The fraction of sp³-hybridized carbons (Fsp3) is 0.400. The fourth-order valence-electron chi connectivity index (χ4n) is 2.65. The Kier molecular flexibility index (Phi) is 7.10. The summed E-state index contributed by atoms with van der Waals surface area (Å²) in [4.78, 5) is 2.33. The summed E-state index contributed by atoms with van der Waals surface area (Å²) >= 11 is 5.93. The predicted molar refractivity (Wildman–Crippen MR) is 98.2 cm³/mol. The highest BCUT2D eigenvalue weighted by atomic mass is 35.5. The maximum absolute atomic E-state index is 9.73. The highest BCUT2D eigenvalue weighted by Crippen LogP contribution is 2.11. The van der Waals surface area contributed by atoms with E-state index >= 15 is 0 Å². The molecule has 124 valence electrons. The van der Waals surface area contributed by atoms with Crippen LogP contribution in [0.15, 0.2) is 48.5 Å². The lowest BCUT2D eigenvalue weighted by atomic mass is 10.1. The average molecular weight is 332 g/mol. The Morgan fingerprint density at radius 3 is 1.87 bits per heavy atom. The summed E-state index contributed by atoms with van der Waals surface area (Å²) in [6.45, 7) is 6.57. The van der Waals surface area contributed by atoms with Gasteiger partial charge < -0.3 is 10.0 Å². The molecule has 0 aromatic heterocycles. The molecular weight excluding hydrogens is 306 g/mol. The molecule has 0 bridgehead atoms. The van der Waals surface area contributed by atoms with Crippen LogP contribution in [0.5, 0.6) is 0 Å². The van der Waals surface area contributed by atoms with Crippen LogP contribution < -0.4 is 0 Å². The highest BCUT2D eigenvalue weighted by molar-refractivity contribution is 6.30. The third-order valence-electron chi connectivity index (χ3n) is 3.99. The Hall–Kier alpha value is -1.35. The van der Waals surface area contributed by atoms with Gasteiger partial charge in [-0.05, 0) is 49.9 Å². The van der Waals surface area contributed by atoms with E-state index in [4.69, 9.17) is 11.6 Å². The molecule has 2 aromatic carbocycles. The molecule has 1 unspecified atom stereocenters. The van der Waals surface area contributed by atoms with E-state index in [0.717, 1.165) is 31.0 Å². The molecule has 2 rings (SSSR count). The van der Waals surface area contributed by atoms with Crippen molar-refractivity contribution in [2.75, 3.05) is 19.6 Å². The van der Waals surface area contributed by atoms with Crippen molar-refractivity contribution in [1.29, 1.82) is 0 Å². The van der Waals surface area contributed by atoms with Gasteiger partial charge in [0.2, 0.25) is 0 Å². The minimum Gasteiger partial charge on any atom is -0.392 e. The van der Waals surface area contributed by atoms with Crippen LogP contribution in [0.3, 0.4) is 0 Å². The molecule has 0 saturated heterocycles. The SMILES string of the molecule is Cc1ccc(CCN(CCc2ccc(Cl)cc2)CC(C)O)cc1. The Balaban J connectivity index is 1.88. The minimum atomic E-state index is -0.307. The Morgan fingerprint density at radius 2 is 1.39 bits per heavy atom. The molecule has 23 heavy (non-hydrogen) atoms. The molecule has 0 fully saturated rings. The summed E-state index contributed by atoms with van der Waals surface area (Å²) < 4.78 is 0. The van der Waals surface area contributed by atoms with E-state index in [9.17, 15) is 5.11 Å². The van der Waals surface area contributed by atoms with Gasteiger partial charge in [0.25, 0.3) is 0 Å². The molecule has 2 aromatic rings. The van der Waals surface area contributed by atoms with Gasteiger partial charge in [0, 0.05) is 24.7 Å². The predicted octanol–water partition coefficient (Wildman–Crippen LogP) is 4.12. The van der Waals surface area contributed by atoms with Crippen LogP contribution in [0.25, 0.3) is 0 Å². The number of nitrogens with zero attached hydrogens (tertiary/aromatic N) is 1. The fourth-order valence-corrected chi connectivity index (χ4v) is 2.77. The number of aliphatic hydroxyl groups is 1. The van der Waals surface area contributed by atoms with Gasteiger partial charge in [-0.1, -0.05) is 53.6 Å². The summed E-state index contributed by atoms with van der Waals surface area (Å²) in [5, 5.41) is 10.5. The Bertz CT molecular complexity index is 528. The van der Waals surface area contributed by atoms with E-state index in [0.29, 0.717) is 6.54 Å². The number of hydrogen-bond donors (Lipinski definition) is 1. The van der Waals surface area contributed by atoms with E-state index in [1.54, 1.807) is 0 Å².